The van der Waals surface area contributed by atoms with Crippen molar-refractivity contribution in [2.24, 2.45) is 0 Å². The molecule has 1 atom stereocenters. The highest BCUT2D eigenvalue weighted by Crippen LogP contribution is 2.25. The van der Waals surface area contributed by atoms with E-state index in [9.17, 15) is 13.6 Å². The Kier molecular flexibility index (Phi) is 4.47. The quantitative estimate of drug-likeness (QED) is 0.787. The molecule has 5 heteroatoms. The first kappa shape index (κ1) is 13.9. The number of likely N-dealkylation sites (N-methyl/N-ethyl adjacent to an activating group) is 1. The van der Waals surface area contributed by atoms with Crippen LogP contribution >= 0.6 is 0 Å². The van der Waals surface area contributed by atoms with E-state index in [0.717, 1.165) is 31.4 Å². The second kappa shape index (κ2) is 6.10. The summed E-state index contributed by atoms with van der Waals surface area (Å²) in [7, 11) is 1.63. The highest BCUT2D eigenvalue weighted by Gasteiger charge is 2.20. The molecule has 1 heterocycles. The second-order valence-corrected chi connectivity index (χ2v) is 4.82. The first-order valence-corrected chi connectivity index (χ1v) is 6.38. The highest BCUT2D eigenvalue weighted by molar-refractivity contribution is 5.76. The van der Waals surface area contributed by atoms with Crippen LogP contribution < -0.4 is 4.90 Å². The standard InChI is InChI=1S/C14H17F2NO2/c1-17(8-11-4-2-3-5-19-11)14-12(15)6-10(9-18)7-13(14)16/h6-7,9,11H,2-5,8H2,1H3. The molecule has 0 spiro atoms. The van der Waals surface area contributed by atoms with E-state index in [0.29, 0.717) is 19.4 Å². The first-order chi connectivity index (χ1) is 9.11. The van der Waals surface area contributed by atoms with Crippen molar-refractivity contribution in [2.75, 3.05) is 25.1 Å². The molecule has 104 valence electrons. The molecule has 0 amide bonds. The lowest BCUT2D eigenvalue weighted by Crippen LogP contribution is -2.34. The molecule has 0 aliphatic carbocycles. The van der Waals surface area contributed by atoms with Crippen molar-refractivity contribution >= 4 is 12.0 Å². The van der Waals surface area contributed by atoms with E-state index >= 15 is 0 Å². The van der Waals surface area contributed by atoms with E-state index in [2.05, 4.69) is 0 Å². The molecule has 19 heavy (non-hydrogen) atoms. The summed E-state index contributed by atoms with van der Waals surface area (Å²) in [5.74, 6) is -1.44. The number of anilines is 1. The second-order valence-electron chi connectivity index (χ2n) is 4.82. The smallest absolute Gasteiger partial charge is 0.150 e. The number of carbonyl (C=O) groups is 1. The molecule has 1 fully saturated rings. The van der Waals surface area contributed by atoms with Crippen molar-refractivity contribution in [1.82, 2.24) is 0 Å². The fourth-order valence-corrected chi connectivity index (χ4v) is 2.37. The molecule has 1 unspecified atom stereocenters. The van der Waals surface area contributed by atoms with Crippen molar-refractivity contribution in [1.29, 1.82) is 0 Å². The Morgan fingerprint density at radius 1 is 1.37 bits per heavy atom. The van der Waals surface area contributed by atoms with Crippen LogP contribution in [0.3, 0.4) is 0 Å². The lowest BCUT2D eigenvalue weighted by Gasteiger charge is -2.29. The number of ether oxygens (including phenoxy) is 1. The third-order valence-electron chi connectivity index (χ3n) is 3.31. The van der Waals surface area contributed by atoms with Crippen LogP contribution in [0.1, 0.15) is 29.6 Å². The molecule has 0 radical (unpaired) electrons. The van der Waals surface area contributed by atoms with Gasteiger partial charge in [-0.2, -0.15) is 0 Å². The fourth-order valence-electron chi connectivity index (χ4n) is 2.37. The minimum absolute atomic E-state index is 0.000987. The summed E-state index contributed by atoms with van der Waals surface area (Å²) in [6, 6.07) is 2.09. The molecule has 1 aromatic carbocycles. The van der Waals surface area contributed by atoms with Gasteiger partial charge in [0.15, 0.2) is 0 Å². The molecule has 2 rings (SSSR count). The number of hydrogen-bond acceptors (Lipinski definition) is 3. The number of halogens is 2. The van der Waals surface area contributed by atoms with Crippen LogP contribution in [0.15, 0.2) is 12.1 Å². The first-order valence-electron chi connectivity index (χ1n) is 6.38. The fraction of sp³-hybridized carbons (Fsp3) is 0.500. The Balaban J connectivity index is 2.13. The summed E-state index contributed by atoms with van der Waals surface area (Å²) in [5.41, 5.74) is -0.110. The van der Waals surface area contributed by atoms with Gasteiger partial charge in [-0.25, -0.2) is 8.78 Å². The minimum atomic E-state index is -0.722. The molecular weight excluding hydrogens is 252 g/mol. The summed E-state index contributed by atoms with van der Waals surface area (Å²) in [5, 5.41) is 0. The Bertz CT molecular complexity index is 436. The molecule has 0 bridgehead atoms. The summed E-state index contributed by atoms with van der Waals surface area (Å²) in [4.78, 5) is 12.1. The number of benzene rings is 1. The molecule has 1 aliphatic heterocycles. The number of carbonyl (C=O) groups excluding carboxylic acids is 1. The zero-order chi connectivity index (χ0) is 13.8. The number of aldehydes is 1. The Labute approximate surface area is 111 Å². The third kappa shape index (κ3) is 3.29. The molecule has 3 nitrogen and oxygen atoms in total. The average molecular weight is 269 g/mol. The van der Waals surface area contributed by atoms with Crippen molar-refractivity contribution in [2.45, 2.75) is 25.4 Å². The van der Waals surface area contributed by atoms with Gasteiger partial charge >= 0.3 is 0 Å². The molecule has 1 aliphatic rings. The normalized spacial score (nSPS) is 19.2. The van der Waals surface area contributed by atoms with Gasteiger partial charge < -0.3 is 9.64 Å². The number of hydrogen-bond donors (Lipinski definition) is 0. The van der Waals surface area contributed by atoms with Gasteiger partial charge in [0.25, 0.3) is 0 Å². The summed E-state index contributed by atoms with van der Waals surface area (Å²) < 4.78 is 33.2. The van der Waals surface area contributed by atoms with Gasteiger partial charge in [-0.1, -0.05) is 0 Å². The summed E-state index contributed by atoms with van der Waals surface area (Å²) >= 11 is 0. The predicted octanol–water partition coefficient (Wildman–Crippen LogP) is 2.78. The number of nitrogens with zero attached hydrogens (tertiary/aromatic N) is 1. The van der Waals surface area contributed by atoms with Crippen molar-refractivity contribution in [3.8, 4) is 0 Å². The molecule has 1 saturated heterocycles. The van der Waals surface area contributed by atoms with Gasteiger partial charge in [0.1, 0.15) is 23.6 Å². The molecular formula is C14H17F2NO2. The topological polar surface area (TPSA) is 29.5 Å². The summed E-state index contributed by atoms with van der Waals surface area (Å²) in [6.07, 6.45) is 3.45. The van der Waals surface area contributed by atoms with Gasteiger partial charge in [-0.05, 0) is 31.4 Å². The zero-order valence-corrected chi connectivity index (χ0v) is 10.9. The SMILES string of the molecule is CN(CC1CCCCO1)c1c(F)cc(C=O)cc1F. The van der Waals surface area contributed by atoms with Crippen molar-refractivity contribution in [3.05, 3.63) is 29.3 Å². The Morgan fingerprint density at radius 2 is 2.05 bits per heavy atom. The maximum Gasteiger partial charge on any atom is 0.150 e. The van der Waals surface area contributed by atoms with E-state index in [-0.39, 0.29) is 17.4 Å². The van der Waals surface area contributed by atoms with Crippen LogP contribution in [0.2, 0.25) is 0 Å². The van der Waals surface area contributed by atoms with Crippen LogP contribution in [0.4, 0.5) is 14.5 Å². The maximum absolute atomic E-state index is 13.8. The lowest BCUT2D eigenvalue weighted by molar-refractivity contribution is 0.0215. The average Bonchev–Trinajstić information content (AvgIpc) is 2.38. The van der Waals surface area contributed by atoms with Gasteiger partial charge in [0.05, 0.1) is 6.10 Å². The van der Waals surface area contributed by atoms with Gasteiger partial charge in [-0.15, -0.1) is 0 Å². The molecule has 0 aromatic heterocycles. The van der Waals surface area contributed by atoms with E-state index in [1.807, 2.05) is 0 Å². The van der Waals surface area contributed by atoms with E-state index < -0.39 is 11.6 Å². The van der Waals surface area contributed by atoms with E-state index in [1.165, 1.54) is 4.90 Å². The van der Waals surface area contributed by atoms with Crippen molar-refractivity contribution < 1.29 is 18.3 Å². The van der Waals surface area contributed by atoms with Gasteiger partial charge in [0, 0.05) is 25.8 Å². The van der Waals surface area contributed by atoms with Crippen molar-refractivity contribution in [3.63, 3.8) is 0 Å². The lowest BCUT2D eigenvalue weighted by atomic mass is 10.1. The Morgan fingerprint density at radius 3 is 2.58 bits per heavy atom. The predicted molar refractivity (Wildman–Crippen MR) is 68.6 cm³/mol. The van der Waals surface area contributed by atoms with Gasteiger partial charge in [0.2, 0.25) is 0 Å². The van der Waals surface area contributed by atoms with Crippen LogP contribution in [0.25, 0.3) is 0 Å². The third-order valence-corrected chi connectivity index (χ3v) is 3.31. The van der Waals surface area contributed by atoms with Crippen LogP contribution in [0, 0.1) is 11.6 Å². The van der Waals surface area contributed by atoms with E-state index in [1.54, 1.807) is 7.05 Å². The molecule has 1 aromatic rings. The zero-order valence-electron chi connectivity index (χ0n) is 10.9. The van der Waals surface area contributed by atoms with E-state index in [4.69, 9.17) is 4.74 Å². The van der Waals surface area contributed by atoms with Gasteiger partial charge in [-0.3, -0.25) is 4.79 Å². The van der Waals surface area contributed by atoms with Crippen LogP contribution in [-0.4, -0.2) is 32.6 Å². The number of rotatable bonds is 4. The molecule has 0 saturated carbocycles. The van der Waals surface area contributed by atoms with Crippen LogP contribution in [0.5, 0.6) is 0 Å². The largest absolute Gasteiger partial charge is 0.376 e. The molecule has 0 N–H and O–H groups in total. The highest BCUT2D eigenvalue weighted by atomic mass is 19.1. The Hall–Kier alpha value is -1.49. The monoisotopic (exact) mass is 269 g/mol. The van der Waals surface area contributed by atoms with Crippen LogP contribution in [-0.2, 0) is 4.74 Å². The minimum Gasteiger partial charge on any atom is -0.376 e. The maximum atomic E-state index is 13.8. The summed E-state index contributed by atoms with van der Waals surface area (Å²) in [6.45, 7) is 1.14.